The lowest BCUT2D eigenvalue weighted by Gasteiger charge is -2.21. The predicted octanol–water partition coefficient (Wildman–Crippen LogP) is 6.02. The van der Waals surface area contributed by atoms with Gasteiger partial charge < -0.3 is 0 Å². The first-order valence-electron chi connectivity index (χ1n) is 8.72. The Morgan fingerprint density at radius 3 is 2.85 bits per heavy atom. The van der Waals surface area contributed by atoms with Crippen molar-refractivity contribution in [3.63, 3.8) is 0 Å². The molecule has 0 aromatic heterocycles. The third-order valence-corrected chi connectivity index (χ3v) is 5.83. The van der Waals surface area contributed by atoms with Gasteiger partial charge in [0.25, 0.3) is 0 Å². The third kappa shape index (κ3) is 2.24. The average molecular weight is 266 g/mol. The zero-order chi connectivity index (χ0) is 13.4. The van der Waals surface area contributed by atoms with Crippen LogP contribution in [-0.4, -0.2) is 0 Å². The van der Waals surface area contributed by atoms with Crippen LogP contribution in [0.4, 0.5) is 0 Å². The zero-order valence-electron chi connectivity index (χ0n) is 12.6. The van der Waals surface area contributed by atoms with E-state index in [1.807, 2.05) is 0 Å². The average Bonchev–Trinajstić information content (AvgIpc) is 3.09. The van der Waals surface area contributed by atoms with Crippen molar-refractivity contribution in [3.8, 4) is 0 Å². The van der Waals surface area contributed by atoms with E-state index in [9.17, 15) is 0 Å². The molecular weight excluding hydrogens is 240 g/mol. The molecule has 0 aliphatic heterocycles. The molecule has 0 saturated heterocycles. The van der Waals surface area contributed by atoms with Crippen LogP contribution in [0.2, 0.25) is 0 Å². The van der Waals surface area contributed by atoms with Crippen molar-refractivity contribution in [1.82, 2.24) is 0 Å². The molecule has 1 atom stereocenters. The van der Waals surface area contributed by atoms with Gasteiger partial charge in [-0.2, -0.15) is 0 Å². The van der Waals surface area contributed by atoms with E-state index in [1.165, 1.54) is 70.6 Å². The van der Waals surface area contributed by atoms with Crippen LogP contribution in [0.3, 0.4) is 0 Å². The molecule has 0 heterocycles. The highest BCUT2D eigenvalue weighted by molar-refractivity contribution is 5.45. The van der Waals surface area contributed by atoms with Gasteiger partial charge in [-0.3, -0.25) is 0 Å². The summed E-state index contributed by atoms with van der Waals surface area (Å²) < 4.78 is 0. The first kappa shape index (κ1) is 12.7. The normalized spacial score (nSPS) is 28.8. The summed E-state index contributed by atoms with van der Waals surface area (Å²) in [6.07, 6.45) is 22.6. The van der Waals surface area contributed by atoms with Crippen LogP contribution in [0.25, 0.3) is 0 Å². The molecule has 0 heteroatoms. The van der Waals surface area contributed by atoms with Crippen LogP contribution < -0.4 is 0 Å². The summed E-state index contributed by atoms with van der Waals surface area (Å²) in [7, 11) is 0. The SMILES string of the molecule is C1=CC2CCCCC2=C1CCC1=CCC2=C1CCCC2. The van der Waals surface area contributed by atoms with Crippen LogP contribution in [0.1, 0.15) is 70.6 Å². The van der Waals surface area contributed by atoms with E-state index >= 15 is 0 Å². The quantitative estimate of drug-likeness (QED) is 0.585. The van der Waals surface area contributed by atoms with Crippen LogP contribution in [0.15, 0.2) is 46.1 Å². The van der Waals surface area contributed by atoms with Crippen molar-refractivity contribution in [2.75, 3.05) is 0 Å². The fraction of sp³-hybridized carbons (Fsp3) is 0.600. The molecule has 4 aliphatic rings. The topological polar surface area (TPSA) is 0 Å². The minimum atomic E-state index is 0.820. The molecule has 106 valence electrons. The zero-order valence-corrected chi connectivity index (χ0v) is 12.6. The summed E-state index contributed by atoms with van der Waals surface area (Å²) in [6, 6.07) is 0. The van der Waals surface area contributed by atoms with E-state index in [2.05, 4.69) is 18.2 Å². The van der Waals surface area contributed by atoms with Crippen molar-refractivity contribution in [2.24, 2.45) is 5.92 Å². The summed E-state index contributed by atoms with van der Waals surface area (Å²) in [6.45, 7) is 0. The van der Waals surface area contributed by atoms with E-state index in [0.717, 1.165) is 5.92 Å². The first-order chi connectivity index (χ1) is 9.92. The summed E-state index contributed by atoms with van der Waals surface area (Å²) in [5.74, 6) is 0.820. The van der Waals surface area contributed by atoms with Gasteiger partial charge in [-0.15, -0.1) is 0 Å². The van der Waals surface area contributed by atoms with E-state index in [-0.39, 0.29) is 0 Å². The minimum Gasteiger partial charge on any atom is -0.0771 e. The molecule has 0 nitrogen and oxygen atoms in total. The maximum absolute atomic E-state index is 2.54. The Labute approximate surface area is 123 Å². The van der Waals surface area contributed by atoms with Gasteiger partial charge in [0.1, 0.15) is 0 Å². The standard InChI is InChI=1S/C20H26/c1-3-7-19-15(5-1)9-11-17(19)13-14-18-12-10-16-6-2-4-8-20(16)18/h9,11-12,15H,1-8,10,13-14H2. The van der Waals surface area contributed by atoms with E-state index < -0.39 is 0 Å². The molecule has 20 heavy (non-hydrogen) atoms. The first-order valence-corrected chi connectivity index (χ1v) is 8.72. The van der Waals surface area contributed by atoms with Gasteiger partial charge in [-0.05, 0) is 86.8 Å². The van der Waals surface area contributed by atoms with Crippen molar-refractivity contribution in [2.45, 2.75) is 70.6 Å². The molecule has 4 aliphatic carbocycles. The summed E-state index contributed by atoms with van der Waals surface area (Å²) in [5, 5.41) is 0. The van der Waals surface area contributed by atoms with Gasteiger partial charge in [-0.25, -0.2) is 0 Å². The summed E-state index contributed by atoms with van der Waals surface area (Å²) in [4.78, 5) is 0. The Hall–Kier alpha value is -1.04. The summed E-state index contributed by atoms with van der Waals surface area (Å²) >= 11 is 0. The van der Waals surface area contributed by atoms with Gasteiger partial charge in [0.15, 0.2) is 0 Å². The Bertz CT molecular complexity index is 524. The van der Waals surface area contributed by atoms with E-state index in [4.69, 9.17) is 0 Å². The number of hydrogen-bond acceptors (Lipinski definition) is 0. The largest absolute Gasteiger partial charge is 0.0771 e. The molecule has 1 fully saturated rings. The van der Waals surface area contributed by atoms with Crippen molar-refractivity contribution >= 4 is 0 Å². The molecule has 1 saturated carbocycles. The minimum absolute atomic E-state index is 0.820. The van der Waals surface area contributed by atoms with Crippen LogP contribution >= 0.6 is 0 Å². The van der Waals surface area contributed by atoms with Gasteiger partial charge in [0, 0.05) is 0 Å². The fourth-order valence-electron chi connectivity index (χ4n) is 4.71. The third-order valence-electron chi connectivity index (χ3n) is 5.83. The molecular formula is C20H26. The van der Waals surface area contributed by atoms with Crippen LogP contribution in [0.5, 0.6) is 0 Å². The number of fused-ring (bicyclic) bond motifs is 1. The summed E-state index contributed by atoms with van der Waals surface area (Å²) in [5.41, 5.74) is 8.75. The Morgan fingerprint density at radius 2 is 1.85 bits per heavy atom. The lowest BCUT2D eigenvalue weighted by atomic mass is 9.84. The number of hydrogen-bond donors (Lipinski definition) is 0. The molecule has 0 aromatic rings. The highest BCUT2D eigenvalue weighted by atomic mass is 14.3. The Morgan fingerprint density at radius 1 is 0.950 bits per heavy atom. The molecule has 0 bridgehead atoms. The van der Waals surface area contributed by atoms with Gasteiger partial charge in [-0.1, -0.05) is 35.8 Å². The maximum Gasteiger partial charge on any atom is -0.00142 e. The van der Waals surface area contributed by atoms with Crippen LogP contribution in [-0.2, 0) is 0 Å². The number of allylic oxidation sites excluding steroid dienone is 8. The van der Waals surface area contributed by atoms with Gasteiger partial charge in [0.2, 0.25) is 0 Å². The van der Waals surface area contributed by atoms with E-state index in [1.54, 1.807) is 27.9 Å². The van der Waals surface area contributed by atoms with Crippen molar-refractivity contribution < 1.29 is 0 Å². The Kier molecular flexibility index (Phi) is 3.42. The smallest absolute Gasteiger partial charge is 0.00142 e. The molecule has 0 radical (unpaired) electrons. The van der Waals surface area contributed by atoms with Crippen molar-refractivity contribution in [3.05, 3.63) is 46.1 Å². The second-order valence-electron chi connectivity index (χ2n) is 6.98. The fourth-order valence-corrected chi connectivity index (χ4v) is 4.71. The molecule has 0 amide bonds. The molecule has 0 N–H and O–H groups in total. The second kappa shape index (κ2) is 5.39. The highest BCUT2D eigenvalue weighted by Gasteiger charge is 2.24. The highest BCUT2D eigenvalue weighted by Crippen LogP contribution is 2.42. The molecule has 4 rings (SSSR count). The van der Waals surface area contributed by atoms with E-state index in [0.29, 0.717) is 0 Å². The predicted molar refractivity (Wildman–Crippen MR) is 85.6 cm³/mol. The molecule has 1 unspecified atom stereocenters. The Balaban J connectivity index is 1.44. The lowest BCUT2D eigenvalue weighted by Crippen LogP contribution is -2.06. The maximum atomic E-state index is 2.54. The number of rotatable bonds is 3. The van der Waals surface area contributed by atoms with Crippen LogP contribution in [0, 0.1) is 5.92 Å². The lowest BCUT2D eigenvalue weighted by molar-refractivity contribution is 0.521. The molecule has 0 spiro atoms. The molecule has 0 aromatic carbocycles. The van der Waals surface area contributed by atoms with Crippen molar-refractivity contribution in [1.29, 1.82) is 0 Å². The monoisotopic (exact) mass is 266 g/mol. The van der Waals surface area contributed by atoms with Gasteiger partial charge >= 0.3 is 0 Å². The second-order valence-corrected chi connectivity index (χ2v) is 6.98. The van der Waals surface area contributed by atoms with Gasteiger partial charge in [0.05, 0.1) is 0 Å².